The van der Waals surface area contributed by atoms with Gasteiger partial charge in [0.1, 0.15) is 0 Å². The summed E-state index contributed by atoms with van der Waals surface area (Å²) in [7, 11) is 3.88. The topological polar surface area (TPSA) is 68.8 Å². The fourth-order valence-electron chi connectivity index (χ4n) is 4.03. The maximum atomic E-state index is 12.2. The number of hydrogen-bond donors (Lipinski definition) is 3. The number of halogens is 2. The first-order valence-electron chi connectivity index (χ1n) is 10.3. The number of aliphatic imine (C=N–C) groups is 1. The summed E-state index contributed by atoms with van der Waals surface area (Å²) in [5, 5.41) is 10.1. The minimum absolute atomic E-state index is 0. The van der Waals surface area contributed by atoms with Gasteiger partial charge in [-0.1, -0.05) is 41.9 Å². The molecule has 2 atom stereocenters. The summed E-state index contributed by atoms with van der Waals surface area (Å²) in [4.78, 5) is 18.8. The molecule has 0 spiro atoms. The lowest BCUT2D eigenvalue weighted by Gasteiger charge is -2.40. The molecule has 1 heterocycles. The van der Waals surface area contributed by atoms with Crippen LogP contribution in [0.2, 0.25) is 5.02 Å². The molecule has 1 aliphatic rings. The van der Waals surface area contributed by atoms with Gasteiger partial charge in [0, 0.05) is 30.3 Å². The van der Waals surface area contributed by atoms with Crippen LogP contribution >= 0.6 is 35.6 Å². The number of para-hydroxylation sites is 1. The van der Waals surface area contributed by atoms with Crippen LogP contribution < -0.4 is 16.0 Å². The molecule has 1 aliphatic heterocycles. The first-order chi connectivity index (χ1) is 14.6. The Morgan fingerprint density at radius 3 is 2.65 bits per heavy atom. The van der Waals surface area contributed by atoms with E-state index in [0.717, 1.165) is 36.6 Å². The molecule has 168 valence electrons. The highest BCUT2D eigenvalue weighted by Gasteiger charge is 2.30. The van der Waals surface area contributed by atoms with Crippen LogP contribution in [0.1, 0.15) is 24.4 Å². The monoisotopic (exact) mass is 555 g/mol. The van der Waals surface area contributed by atoms with Gasteiger partial charge in [-0.05, 0) is 62.2 Å². The fourth-order valence-corrected chi connectivity index (χ4v) is 4.23. The van der Waals surface area contributed by atoms with E-state index in [1.807, 2.05) is 42.5 Å². The minimum Gasteiger partial charge on any atom is -0.356 e. The van der Waals surface area contributed by atoms with Gasteiger partial charge in [-0.3, -0.25) is 14.7 Å². The zero-order chi connectivity index (χ0) is 21.3. The average molecular weight is 556 g/mol. The molecule has 2 unspecified atom stereocenters. The smallest absolute Gasteiger partial charge is 0.243 e. The van der Waals surface area contributed by atoms with E-state index in [1.54, 1.807) is 7.05 Å². The summed E-state index contributed by atoms with van der Waals surface area (Å²) in [5.41, 5.74) is 2.02. The Kier molecular flexibility index (Phi) is 10.6. The van der Waals surface area contributed by atoms with Gasteiger partial charge in [-0.15, -0.1) is 24.0 Å². The Morgan fingerprint density at radius 2 is 1.94 bits per heavy atom. The number of likely N-dealkylation sites (tertiary alicyclic amines) is 1. The van der Waals surface area contributed by atoms with E-state index in [9.17, 15) is 4.79 Å². The first kappa shape index (κ1) is 25.4. The number of nitrogens with zero attached hydrogens (tertiary/aromatic N) is 2. The molecule has 0 saturated carbocycles. The van der Waals surface area contributed by atoms with Crippen LogP contribution in [0.3, 0.4) is 0 Å². The second-order valence-electron chi connectivity index (χ2n) is 7.60. The van der Waals surface area contributed by atoms with Crippen LogP contribution in [0, 0.1) is 5.92 Å². The zero-order valence-electron chi connectivity index (χ0n) is 18.0. The number of nitrogens with one attached hydrogen (secondary N) is 3. The zero-order valence-corrected chi connectivity index (χ0v) is 21.1. The van der Waals surface area contributed by atoms with Crippen molar-refractivity contribution < 1.29 is 4.79 Å². The van der Waals surface area contributed by atoms with Crippen molar-refractivity contribution in [3.63, 3.8) is 0 Å². The van der Waals surface area contributed by atoms with E-state index >= 15 is 0 Å². The first-order valence-corrected chi connectivity index (χ1v) is 10.7. The molecular formula is C23H31ClIN5O. The number of piperidine rings is 1. The van der Waals surface area contributed by atoms with Crippen molar-refractivity contribution in [2.45, 2.75) is 18.9 Å². The second-order valence-corrected chi connectivity index (χ2v) is 8.04. The van der Waals surface area contributed by atoms with Gasteiger partial charge in [0.2, 0.25) is 5.91 Å². The van der Waals surface area contributed by atoms with E-state index in [1.165, 1.54) is 5.56 Å². The van der Waals surface area contributed by atoms with Gasteiger partial charge < -0.3 is 16.0 Å². The van der Waals surface area contributed by atoms with Crippen LogP contribution in [0.15, 0.2) is 59.6 Å². The number of carbonyl (C=O) groups excluding carboxylic acids is 1. The Morgan fingerprint density at radius 1 is 1.16 bits per heavy atom. The van der Waals surface area contributed by atoms with E-state index in [-0.39, 0.29) is 36.4 Å². The summed E-state index contributed by atoms with van der Waals surface area (Å²) in [5.74, 6) is 0.925. The van der Waals surface area contributed by atoms with Gasteiger partial charge in [0.25, 0.3) is 0 Å². The van der Waals surface area contributed by atoms with Crippen molar-refractivity contribution in [1.29, 1.82) is 0 Å². The lowest BCUT2D eigenvalue weighted by Crippen LogP contribution is -2.46. The maximum absolute atomic E-state index is 12.2. The Balaban J connectivity index is 0.00000341. The highest BCUT2D eigenvalue weighted by atomic mass is 127. The van der Waals surface area contributed by atoms with E-state index < -0.39 is 0 Å². The summed E-state index contributed by atoms with van der Waals surface area (Å²) in [6, 6.07) is 17.8. The van der Waals surface area contributed by atoms with E-state index in [0.29, 0.717) is 17.9 Å². The molecule has 3 N–H and O–H groups in total. The number of hydrogen-bond acceptors (Lipinski definition) is 3. The minimum atomic E-state index is -0.113. The van der Waals surface area contributed by atoms with Crippen LogP contribution in [0.4, 0.5) is 5.69 Å². The van der Waals surface area contributed by atoms with Gasteiger partial charge in [-0.2, -0.15) is 0 Å². The highest BCUT2D eigenvalue weighted by molar-refractivity contribution is 14.0. The van der Waals surface area contributed by atoms with Gasteiger partial charge in [-0.25, -0.2) is 0 Å². The highest BCUT2D eigenvalue weighted by Crippen LogP contribution is 2.35. The normalized spacial score (nSPS) is 19.3. The quantitative estimate of drug-likeness (QED) is 0.285. The molecule has 2 aromatic rings. The Labute approximate surface area is 206 Å². The standard InChI is InChI=1S/C23H30ClN5O.HI/c1-25-23(27-16-21(30)28-20-11-4-3-5-12-20)26-15-18-9-7-13-29(2)22(18)17-8-6-10-19(24)14-17;/h3-6,8,10-12,14,18,22H,7,9,13,15-16H2,1-2H3,(H,28,30)(H2,25,26,27);1H. The number of carbonyl (C=O) groups is 1. The molecule has 8 heteroatoms. The SMILES string of the molecule is CN=C(NCC(=O)Nc1ccccc1)NCC1CCCN(C)C1c1cccc(Cl)c1.I. The van der Waals surface area contributed by atoms with Crippen molar-refractivity contribution in [1.82, 2.24) is 15.5 Å². The molecule has 1 saturated heterocycles. The number of rotatable bonds is 6. The maximum Gasteiger partial charge on any atom is 0.243 e. The van der Waals surface area contributed by atoms with E-state index in [4.69, 9.17) is 11.6 Å². The number of anilines is 1. The molecule has 0 aromatic heterocycles. The fraction of sp³-hybridized carbons (Fsp3) is 0.391. The third-order valence-corrected chi connectivity index (χ3v) is 5.66. The molecule has 0 bridgehead atoms. The average Bonchev–Trinajstić information content (AvgIpc) is 2.74. The lowest BCUT2D eigenvalue weighted by atomic mass is 9.85. The van der Waals surface area contributed by atoms with Crippen LogP contribution in [-0.4, -0.2) is 50.5 Å². The van der Waals surface area contributed by atoms with Crippen molar-refractivity contribution >= 4 is 53.1 Å². The molecule has 0 radical (unpaired) electrons. The van der Waals surface area contributed by atoms with Crippen molar-refractivity contribution in [3.8, 4) is 0 Å². The Hall–Kier alpha value is -1.84. The number of guanidine groups is 1. The number of benzene rings is 2. The van der Waals surface area contributed by atoms with Crippen LogP contribution in [-0.2, 0) is 4.79 Å². The molecule has 31 heavy (non-hydrogen) atoms. The Bertz CT molecular complexity index is 864. The van der Waals surface area contributed by atoms with Crippen molar-refractivity contribution in [3.05, 3.63) is 65.2 Å². The molecule has 1 fully saturated rings. The summed E-state index contributed by atoms with van der Waals surface area (Å²) >= 11 is 6.24. The molecular weight excluding hydrogens is 525 g/mol. The van der Waals surface area contributed by atoms with Gasteiger partial charge in [0.05, 0.1) is 6.54 Å². The lowest BCUT2D eigenvalue weighted by molar-refractivity contribution is -0.115. The van der Waals surface area contributed by atoms with Crippen molar-refractivity contribution in [2.75, 3.05) is 39.0 Å². The summed E-state index contributed by atoms with van der Waals surface area (Å²) in [6.45, 7) is 1.98. The largest absolute Gasteiger partial charge is 0.356 e. The van der Waals surface area contributed by atoms with Gasteiger partial charge >= 0.3 is 0 Å². The summed E-state index contributed by atoms with van der Waals surface area (Å²) in [6.07, 6.45) is 2.28. The number of amides is 1. The van der Waals surface area contributed by atoms with Gasteiger partial charge in [0.15, 0.2) is 5.96 Å². The predicted molar refractivity (Wildman–Crippen MR) is 139 cm³/mol. The van der Waals surface area contributed by atoms with Crippen LogP contribution in [0.25, 0.3) is 0 Å². The molecule has 6 nitrogen and oxygen atoms in total. The van der Waals surface area contributed by atoms with Crippen LogP contribution in [0.5, 0.6) is 0 Å². The predicted octanol–water partition coefficient (Wildman–Crippen LogP) is 4.14. The molecule has 3 rings (SSSR count). The third kappa shape index (κ3) is 7.66. The second kappa shape index (κ2) is 12.9. The van der Waals surface area contributed by atoms with E-state index in [2.05, 4.69) is 45.0 Å². The van der Waals surface area contributed by atoms with Crippen molar-refractivity contribution in [2.24, 2.45) is 10.9 Å². The molecule has 0 aliphatic carbocycles. The third-order valence-electron chi connectivity index (χ3n) is 5.43. The molecule has 1 amide bonds. The molecule has 2 aromatic carbocycles. The summed E-state index contributed by atoms with van der Waals surface area (Å²) < 4.78 is 0.